The molecule has 1 aliphatic heterocycles. The van der Waals surface area contributed by atoms with Crippen molar-refractivity contribution in [3.63, 3.8) is 0 Å². The van der Waals surface area contributed by atoms with E-state index in [0.717, 1.165) is 5.56 Å². The molecule has 23 heavy (non-hydrogen) atoms. The molecule has 120 valence electrons. The van der Waals surface area contributed by atoms with Gasteiger partial charge in [-0.05, 0) is 44.4 Å². The summed E-state index contributed by atoms with van der Waals surface area (Å²) in [7, 11) is -0.617. The lowest BCUT2D eigenvalue weighted by molar-refractivity contribution is 0.00578. The Morgan fingerprint density at radius 2 is 1.30 bits per heavy atom. The van der Waals surface area contributed by atoms with Crippen molar-refractivity contribution < 1.29 is 14.0 Å². The third-order valence-corrected chi connectivity index (χ3v) is 4.68. The minimum Gasteiger partial charge on any atom is -0.382 e. The van der Waals surface area contributed by atoms with Crippen molar-refractivity contribution in [2.75, 3.05) is 0 Å². The van der Waals surface area contributed by atoms with E-state index in [9.17, 15) is 0 Å². The molecule has 0 aliphatic carbocycles. The first-order chi connectivity index (χ1) is 10.9. The predicted molar refractivity (Wildman–Crippen MR) is 92.7 cm³/mol. The fourth-order valence-corrected chi connectivity index (χ4v) is 2.45. The minimum atomic E-state index is -0.617. The van der Waals surface area contributed by atoms with Crippen LogP contribution >= 0.6 is 0 Å². The Bertz CT molecular complexity index is 634. The van der Waals surface area contributed by atoms with E-state index >= 15 is 0 Å². The summed E-state index contributed by atoms with van der Waals surface area (Å²) in [4.78, 5) is 0. The average Bonchev–Trinajstić information content (AvgIpc) is 2.74. The van der Waals surface area contributed by atoms with E-state index in [1.54, 1.807) is 0 Å². The van der Waals surface area contributed by atoms with Crippen LogP contribution in [0.3, 0.4) is 0 Å². The highest BCUT2D eigenvalue weighted by Crippen LogP contribution is 2.37. The molecule has 1 aliphatic rings. The molecule has 3 rings (SSSR count). The molecule has 0 bridgehead atoms. The summed E-state index contributed by atoms with van der Waals surface area (Å²) in [5, 5.41) is 0. The maximum atomic E-state index is 5.83. The summed E-state index contributed by atoms with van der Waals surface area (Å²) < 4.78 is 17.4. The zero-order valence-electron chi connectivity index (χ0n) is 14.2. The Morgan fingerprint density at radius 3 is 1.87 bits per heavy atom. The van der Waals surface area contributed by atoms with Crippen LogP contribution in [0.4, 0.5) is 0 Å². The molecule has 0 saturated carbocycles. The van der Waals surface area contributed by atoms with Crippen LogP contribution in [0.15, 0.2) is 54.6 Å². The zero-order chi connectivity index (χ0) is 16.5. The van der Waals surface area contributed by atoms with Crippen LogP contribution in [-0.2, 0) is 20.6 Å². The maximum absolute atomic E-state index is 5.83. The summed E-state index contributed by atoms with van der Waals surface area (Å²) in [5.74, 6) is 0. The minimum absolute atomic E-state index is 0.366. The van der Waals surface area contributed by atoms with Gasteiger partial charge in [-0.15, -0.1) is 0 Å². The molecule has 1 heterocycles. The summed E-state index contributed by atoms with van der Waals surface area (Å²) in [6.07, 6.45) is 0. The van der Waals surface area contributed by atoms with Gasteiger partial charge in [-0.1, -0.05) is 54.6 Å². The van der Waals surface area contributed by atoms with E-state index in [4.69, 9.17) is 14.0 Å². The lowest BCUT2D eigenvalue weighted by atomic mass is 9.90. The van der Waals surface area contributed by atoms with Gasteiger partial charge in [-0.25, -0.2) is 0 Å². The Hall–Kier alpha value is -1.62. The Kier molecular flexibility index (Phi) is 4.32. The largest absolute Gasteiger partial charge is 0.640 e. The van der Waals surface area contributed by atoms with Crippen molar-refractivity contribution in [2.24, 2.45) is 0 Å². The monoisotopic (exact) mass is 310 g/mol. The van der Waals surface area contributed by atoms with Crippen LogP contribution in [0, 0.1) is 0 Å². The average molecular weight is 310 g/mol. The van der Waals surface area contributed by atoms with Gasteiger partial charge in [-0.3, -0.25) is 0 Å². The van der Waals surface area contributed by atoms with Crippen LogP contribution in [0.25, 0.3) is 11.1 Å². The molecule has 1 fully saturated rings. The summed E-state index contributed by atoms with van der Waals surface area (Å²) in [6.45, 7) is 8.54. The van der Waals surface area contributed by atoms with Gasteiger partial charge in [0.1, 0.15) is 0 Å². The number of rotatable bonds is 4. The van der Waals surface area contributed by atoms with Gasteiger partial charge >= 0.3 is 7.32 Å². The van der Waals surface area contributed by atoms with Gasteiger partial charge < -0.3 is 14.0 Å². The highest BCUT2D eigenvalue weighted by molar-refractivity contribution is 6.37. The van der Waals surface area contributed by atoms with Gasteiger partial charge in [-0.2, -0.15) is 0 Å². The molecule has 2 aromatic rings. The molecule has 3 nitrogen and oxygen atoms in total. The fourth-order valence-electron chi connectivity index (χ4n) is 2.45. The highest BCUT2D eigenvalue weighted by Gasteiger charge is 2.52. The van der Waals surface area contributed by atoms with E-state index in [0.29, 0.717) is 6.61 Å². The molecular formula is C19H23BO3. The second kappa shape index (κ2) is 6.12. The normalized spacial score (nSPS) is 19.0. The van der Waals surface area contributed by atoms with Gasteiger partial charge in [0, 0.05) is 0 Å². The van der Waals surface area contributed by atoms with Crippen molar-refractivity contribution in [1.82, 2.24) is 0 Å². The fraction of sp³-hybridized carbons (Fsp3) is 0.368. The summed E-state index contributed by atoms with van der Waals surface area (Å²) in [5.41, 5.74) is 2.78. The second-order valence-corrected chi connectivity index (χ2v) is 6.92. The van der Waals surface area contributed by atoms with E-state index in [2.05, 4.69) is 36.4 Å². The molecule has 0 aromatic heterocycles. The number of benzene rings is 2. The van der Waals surface area contributed by atoms with Crippen LogP contribution < -0.4 is 0 Å². The van der Waals surface area contributed by atoms with Crippen LogP contribution in [0.2, 0.25) is 0 Å². The first-order valence-corrected chi connectivity index (χ1v) is 7.99. The van der Waals surface area contributed by atoms with Gasteiger partial charge in [0.2, 0.25) is 0 Å². The van der Waals surface area contributed by atoms with E-state index in [-0.39, 0.29) is 11.2 Å². The molecule has 0 unspecified atom stereocenters. The molecule has 0 N–H and O–H groups in total. The van der Waals surface area contributed by atoms with Crippen molar-refractivity contribution in [2.45, 2.75) is 45.5 Å². The molecule has 1 saturated heterocycles. The third kappa shape index (κ3) is 3.50. The summed E-state index contributed by atoms with van der Waals surface area (Å²) >= 11 is 0. The van der Waals surface area contributed by atoms with Crippen molar-refractivity contribution in [3.8, 4) is 11.1 Å². The van der Waals surface area contributed by atoms with Crippen LogP contribution in [0.1, 0.15) is 33.3 Å². The lowest BCUT2D eigenvalue weighted by Gasteiger charge is -2.31. The SMILES string of the molecule is CC1(C)OB(OCc2ccc(-c3ccccc3)cc2)OC1(C)C. The van der Waals surface area contributed by atoms with Gasteiger partial charge in [0.25, 0.3) is 0 Å². The Morgan fingerprint density at radius 1 is 0.783 bits per heavy atom. The molecule has 0 atom stereocenters. The predicted octanol–water partition coefficient (Wildman–Crippen LogP) is 4.46. The maximum Gasteiger partial charge on any atom is 0.640 e. The molecule has 0 amide bonds. The highest BCUT2D eigenvalue weighted by atomic mass is 16.8. The molecular weight excluding hydrogens is 287 g/mol. The Labute approximate surface area is 138 Å². The smallest absolute Gasteiger partial charge is 0.382 e. The summed E-state index contributed by atoms with van der Waals surface area (Å²) in [6, 6.07) is 18.7. The van der Waals surface area contributed by atoms with E-state index < -0.39 is 7.32 Å². The zero-order valence-corrected chi connectivity index (χ0v) is 14.2. The number of hydrogen-bond acceptors (Lipinski definition) is 3. The van der Waals surface area contributed by atoms with E-state index in [1.807, 2.05) is 45.9 Å². The van der Waals surface area contributed by atoms with Crippen molar-refractivity contribution >= 4 is 7.32 Å². The van der Waals surface area contributed by atoms with Gasteiger partial charge in [0.15, 0.2) is 0 Å². The number of hydrogen-bond donors (Lipinski definition) is 0. The topological polar surface area (TPSA) is 27.7 Å². The van der Waals surface area contributed by atoms with Gasteiger partial charge in [0.05, 0.1) is 17.8 Å². The first kappa shape index (κ1) is 16.3. The lowest BCUT2D eigenvalue weighted by Crippen LogP contribution is -2.41. The van der Waals surface area contributed by atoms with Crippen LogP contribution in [0.5, 0.6) is 0 Å². The standard InChI is InChI=1S/C19H23BO3/c1-18(2)19(3,4)23-20(22-18)21-14-15-10-12-17(13-11-15)16-8-6-5-7-9-16/h5-13H,14H2,1-4H3. The Balaban J connectivity index is 1.60. The van der Waals surface area contributed by atoms with Crippen LogP contribution in [-0.4, -0.2) is 18.5 Å². The molecule has 0 spiro atoms. The second-order valence-electron chi connectivity index (χ2n) is 6.92. The van der Waals surface area contributed by atoms with Crippen molar-refractivity contribution in [1.29, 1.82) is 0 Å². The third-order valence-electron chi connectivity index (χ3n) is 4.68. The molecule has 2 aromatic carbocycles. The molecule has 0 radical (unpaired) electrons. The van der Waals surface area contributed by atoms with Crippen molar-refractivity contribution in [3.05, 3.63) is 60.2 Å². The molecule has 4 heteroatoms. The quantitative estimate of drug-likeness (QED) is 0.780. The first-order valence-electron chi connectivity index (χ1n) is 7.99. The van der Waals surface area contributed by atoms with E-state index in [1.165, 1.54) is 11.1 Å².